The maximum absolute atomic E-state index is 13.4. The van der Waals surface area contributed by atoms with E-state index in [4.69, 9.17) is 4.42 Å². The Morgan fingerprint density at radius 1 is 1.27 bits per heavy atom. The average molecular weight is 444 g/mol. The quantitative estimate of drug-likeness (QED) is 0.532. The van der Waals surface area contributed by atoms with Gasteiger partial charge in [0.25, 0.3) is 11.1 Å². The lowest BCUT2D eigenvalue weighted by atomic mass is 9.90. The number of fused-ring (bicyclic) bond motifs is 1. The van der Waals surface area contributed by atoms with Gasteiger partial charge in [-0.1, -0.05) is 19.1 Å². The van der Waals surface area contributed by atoms with Crippen molar-refractivity contribution in [3.63, 3.8) is 0 Å². The van der Waals surface area contributed by atoms with Gasteiger partial charge in [0.15, 0.2) is 0 Å². The van der Waals surface area contributed by atoms with Crippen molar-refractivity contribution in [3.05, 3.63) is 52.2 Å². The molecule has 0 bridgehead atoms. The van der Waals surface area contributed by atoms with Crippen LogP contribution in [0.4, 0.5) is 4.39 Å². The molecule has 1 aromatic carbocycles. The van der Waals surface area contributed by atoms with Crippen LogP contribution in [0.25, 0.3) is 10.8 Å². The molecule has 0 aliphatic heterocycles. The predicted octanol–water partition coefficient (Wildman–Crippen LogP) is 5.17. The zero-order chi connectivity index (χ0) is 20.7. The van der Waals surface area contributed by atoms with E-state index in [0.29, 0.717) is 22.6 Å². The molecule has 2 aromatic heterocycles. The minimum absolute atomic E-state index is 0.116. The normalized spacial score (nSPS) is 19.3. The summed E-state index contributed by atoms with van der Waals surface area (Å²) in [6.07, 6.45) is 5.41. The maximum Gasteiger partial charge on any atom is 0.278 e. The van der Waals surface area contributed by atoms with Crippen LogP contribution < -0.4 is 5.32 Å². The van der Waals surface area contributed by atoms with E-state index in [1.165, 1.54) is 40.8 Å². The van der Waals surface area contributed by atoms with Crippen LogP contribution in [0.1, 0.15) is 47.4 Å². The summed E-state index contributed by atoms with van der Waals surface area (Å²) < 4.78 is 19.3. The molecule has 0 radical (unpaired) electrons. The van der Waals surface area contributed by atoms with Crippen LogP contribution in [0.3, 0.4) is 0 Å². The number of aromatic nitrogens is 2. The SMILES string of the molecule is C[C@H]1CCc2sc(-c3nnc(S[C@H](C(=O)NC4CC4)c4ccc(F)cc4)o3)cc2C1. The number of aryl methyl sites for hydroxylation is 1. The highest BCUT2D eigenvalue weighted by Gasteiger charge is 2.31. The second-order valence-electron chi connectivity index (χ2n) is 8.11. The number of thiophene rings is 1. The zero-order valence-electron chi connectivity index (χ0n) is 16.6. The van der Waals surface area contributed by atoms with Crippen LogP contribution in [0.15, 0.2) is 40.0 Å². The van der Waals surface area contributed by atoms with Gasteiger partial charge in [0.1, 0.15) is 11.1 Å². The minimum atomic E-state index is -0.572. The summed E-state index contributed by atoms with van der Waals surface area (Å²) in [4.78, 5) is 15.2. The number of rotatable bonds is 6. The maximum atomic E-state index is 13.4. The molecule has 0 spiro atoms. The lowest BCUT2D eigenvalue weighted by Gasteiger charge is -2.16. The van der Waals surface area contributed by atoms with E-state index in [9.17, 15) is 9.18 Å². The number of nitrogens with one attached hydrogen (secondary N) is 1. The van der Waals surface area contributed by atoms with Crippen LogP contribution in [0.5, 0.6) is 0 Å². The first kappa shape index (κ1) is 19.8. The molecule has 0 saturated heterocycles. The number of benzene rings is 1. The van der Waals surface area contributed by atoms with E-state index in [1.54, 1.807) is 23.5 Å². The molecular weight excluding hydrogens is 421 g/mol. The molecule has 1 amide bonds. The number of hydrogen-bond donors (Lipinski definition) is 1. The molecule has 5 nitrogen and oxygen atoms in total. The number of carbonyl (C=O) groups excluding carboxylic acids is 1. The highest BCUT2D eigenvalue weighted by Crippen LogP contribution is 2.40. The molecule has 3 aromatic rings. The summed E-state index contributed by atoms with van der Waals surface area (Å²) in [7, 11) is 0. The van der Waals surface area contributed by atoms with E-state index in [-0.39, 0.29) is 17.8 Å². The fourth-order valence-corrected chi connectivity index (χ4v) is 5.70. The van der Waals surface area contributed by atoms with Crippen molar-refractivity contribution in [2.24, 2.45) is 5.92 Å². The predicted molar refractivity (Wildman–Crippen MR) is 115 cm³/mol. The van der Waals surface area contributed by atoms with Gasteiger partial charge in [0.2, 0.25) is 5.91 Å². The van der Waals surface area contributed by atoms with Gasteiger partial charge in [0.05, 0.1) is 4.88 Å². The van der Waals surface area contributed by atoms with Crippen LogP contribution in [0, 0.1) is 11.7 Å². The van der Waals surface area contributed by atoms with Crippen LogP contribution in [-0.2, 0) is 17.6 Å². The second-order valence-corrected chi connectivity index (χ2v) is 10.3. The number of halogens is 1. The summed E-state index contributed by atoms with van der Waals surface area (Å²) in [5.41, 5.74) is 2.09. The highest BCUT2D eigenvalue weighted by atomic mass is 32.2. The summed E-state index contributed by atoms with van der Waals surface area (Å²) in [5, 5.41) is 11.2. The molecule has 2 atom stereocenters. The third kappa shape index (κ3) is 4.30. The number of hydrogen-bond acceptors (Lipinski definition) is 6. The monoisotopic (exact) mass is 443 g/mol. The van der Waals surface area contributed by atoms with E-state index >= 15 is 0 Å². The van der Waals surface area contributed by atoms with Crippen molar-refractivity contribution < 1.29 is 13.6 Å². The number of nitrogens with zero attached hydrogens (tertiary/aromatic N) is 2. The third-order valence-corrected chi connectivity index (χ3v) is 7.81. The van der Waals surface area contributed by atoms with Gasteiger partial charge in [-0.25, -0.2) is 4.39 Å². The van der Waals surface area contributed by atoms with Gasteiger partial charge in [-0.3, -0.25) is 4.79 Å². The molecular formula is C22H22FN3O2S2. The first-order valence-corrected chi connectivity index (χ1v) is 11.9. The zero-order valence-corrected chi connectivity index (χ0v) is 18.2. The van der Waals surface area contributed by atoms with Crippen LogP contribution >= 0.6 is 23.1 Å². The summed E-state index contributed by atoms with van der Waals surface area (Å²) in [6, 6.07) is 8.39. The molecule has 8 heteroatoms. The van der Waals surface area contributed by atoms with Crippen molar-refractivity contribution in [1.82, 2.24) is 15.5 Å². The molecule has 0 unspecified atom stereocenters. The lowest BCUT2D eigenvalue weighted by molar-refractivity contribution is -0.120. The van der Waals surface area contributed by atoms with Gasteiger partial charge in [-0.05, 0) is 79.1 Å². The topological polar surface area (TPSA) is 68.0 Å². The first-order chi connectivity index (χ1) is 14.5. The van der Waals surface area contributed by atoms with Crippen molar-refractivity contribution >= 4 is 29.0 Å². The smallest absolute Gasteiger partial charge is 0.278 e. The lowest BCUT2D eigenvalue weighted by Crippen LogP contribution is -2.29. The Bertz CT molecular complexity index is 1060. The standard InChI is InChI=1S/C22H22FN3O2S2/c1-12-2-9-17-14(10-12)11-18(29-17)21-25-26-22(28-21)30-19(20(27)24-16-7-8-16)13-3-5-15(23)6-4-13/h3-6,11-12,16,19H,2,7-10H2,1H3,(H,24,27)/t12-,19-/m0/s1. The van der Waals surface area contributed by atoms with E-state index < -0.39 is 5.25 Å². The Morgan fingerprint density at radius 2 is 2.07 bits per heavy atom. The molecule has 5 rings (SSSR count). The van der Waals surface area contributed by atoms with Crippen LogP contribution in [-0.4, -0.2) is 22.1 Å². The van der Waals surface area contributed by atoms with Gasteiger partial charge in [-0.2, -0.15) is 0 Å². The summed E-state index contributed by atoms with van der Waals surface area (Å²) in [6.45, 7) is 2.28. The molecule has 2 aliphatic carbocycles. The summed E-state index contributed by atoms with van der Waals surface area (Å²) in [5.74, 6) is 0.746. The van der Waals surface area contributed by atoms with Crippen molar-refractivity contribution in [3.8, 4) is 10.8 Å². The fourth-order valence-electron chi connectivity index (χ4n) is 3.68. The van der Waals surface area contributed by atoms with Gasteiger partial charge >= 0.3 is 0 Å². The number of thioether (sulfide) groups is 1. The van der Waals surface area contributed by atoms with Gasteiger partial charge in [0, 0.05) is 10.9 Å². The number of carbonyl (C=O) groups is 1. The van der Waals surface area contributed by atoms with Crippen molar-refractivity contribution in [1.29, 1.82) is 0 Å². The first-order valence-electron chi connectivity index (χ1n) is 10.2. The third-order valence-electron chi connectivity index (χ3n) is 5.50. The van der Waals surface area contributed by atoms with E-state index in [1.807, 2.05) is 0 Å². The summed E-state index contributed by atoms with van der Waals surface area (Å²) >= 11 is 2.92. The Labute approximate surface area is 182 Å². The van der Waals surface area contributed by atoms with Gasteiger partial charge < -0.3 is 9.73 Å². The molecule has 156 valence electrons. The van der Waals surface area contributed by atoms with Crippen molar-refractivity contribution in [2.75, 3.05) is 0 Å². The second kappa shape index (κ2) is 8.15. The minimum Gasteiger partial charge on any atom is -0.410 e. The highest BCUT2D eigenvalue weighted by molar-refractivity contribution is 8.00. The average Bonchev–Trinajstić information content (AvgIpc) is 3.25. The fraction of sp³-hybridized carbons (Fsp3) is 0.409. The Kier molecular flexibility index (Phi) is 5.37. The van der Waals surface area contributed by atoms with E-state index in [0.717, 1.165) is 30.6 Å². The molecule has 30 heavy (non-hydrogen) atoms. The van der Waals surface area contributed by atoms with Crippen molar-refractivity contribution in [2.45, 2.75) is 55.5 Å². The molecule has 1 N–H and O–H groups in total. The Balaban J connectivity index is 1.37. The Morgan fingerprint density at radius 3 is 2.83 bits per heavy atom. The van der Waals surface area contributed by atoms with E-state index in [2.05, 4.69) is 28.5 Å². The van der Waals surface area contributed by atoms with Gasteiger partial charge in [-0.15, -0.1) is 21.5 Å². The van der Waals surface area contributed by atoms with Crippen LogP contribution in [0.2, 0.25) is 0 Å². The largest absolute Gasteiger partial charge is 0.410 e. The number of amides is 1. The molecule has 1 saturated carbocycles. The Hall–Kier alpha value is -2.19. The molecule has 2 aliphatic rings. The molecule has 1 fully saturated rings. The molecule has 2 heterocycles.